The smallest absolute Gasteiger partial charge is 0.247 e. The zero-order valence-corrected chi connectivity index (χ0v) is 14.0. The topological polar surface area (TPSA) is 44.1 Å². The molecule has 1 aliphatic carbocycles. The van der Waals surface area contributed by atoms with Crippen LogP contribution in [-0.2, 0) is 4.79 Å². The van der Waals surface area contributed by atoms with Crippen LogP contribution >= 0.6 is 0 Å². The van der Waals surface area contributed by atoms with Gasteiger partial charge in [-0.15, -0.1) is 0 Å². The van der Waals surface area contributed by atoms with Crippen molar-refractivity contribution in [3.05, 3.63) is 30.3 Å². The van der Waals surface area contributed by atoms with E-state index in [1.807, 2.05) is 30.3 Å². The van der Waals surface area contributed by atoms with E-state index in [2.05, 4.69) is 26.8 Å². The molecule has 0 N–H and O–H groups in total. The molecule has 2 rings (SSSR count). The SMILES string of the molecule is CC1CCC(C(C)C)C(C#N)(C(=O)N(C)c2ccccc2)C1. The van der Waals surface area contributed by atoms with Crippen LogP contribution in [0.3, 0.4) is 0 Å². The summed E-state index contributed by atoms with van der Waals surface area (Å²) in [6.45, 7) is 6.41. The summed E-state index contributed by atoms with van der Waals surface area (Å²) in [5.41, 5.74) is -0.0426. The van der Waals surface area contributed by atoms with Crippen LogP contribution in [0.25, 0.3) is 0 Å². The van der Waals surface area contributed by atoms with E-state index in [0.29, 0.717) is 18.3 Å². The van der Waals surface area contributed by atoms with Crippen molar-refractivity contribution in [2.75, 3.05) is 11.9 Å². The average molecular weight is 298 g/mol. The Bertz CT molecular complexity index is 561. The lowest BCUT2D eigenvalue weighted by atomic mass is 9.60. The van der Waals surface area contributed by atoms with Crippen molar-refractivity contribution >= 4 is 11.6 Å². The van der Waals surface area contributed by atoms with E-state index >= 15 is 0 Å². The molecule has 118 valence electrons. The Morgan fingerprint density at radius 3 is 2.50 bits per heavy atom. The minimum absolute atomic E-state index is 0.0496. The highest BCUT2D eigenvalue weighted by molar-refractivity contribution is 5.99. The van der Waals surface area contributed by atoms with Gasteiger partial charge in [0.2, 0.25) is 5.91 Å². The van der Waals surface area contributed by atoms with E-state index in [9.17, 15) is 10.1 Å². The fourth-order valence-electron chi connectivity index (χ4n) is 3.91. The van der Waals surface area contributed by atoms with Crippen LogP contribution in [0.5, 0.6) is 0 Å². The minimum atomic E-state index is -0.892. The van der Waals surface area contributed by atoms with Crippen molar-refractivity contribution in [3.63, 3.8) is 0 Å². The van der Waals surface area contributed by atoms with E-state index in [1.54, 1.807) is 11.9 Å². The Kier molecular flexibility index (Phi) is 4.90. The number of carbonyl (C=O) groups excluding carboxylic acids is 1. The van der Waals surface area contributed by atoms with Crippen LogP contribution in [0, 0.1) is 34.5 Å². The van der Waals surface area contributed by atoms with Crippen LogP contribution in [0.1, 0.15) is 40.0 Å². The summed E-state index contributed by atoms with van der Waals surface area (Å²) >= 11 is 0. The fourth-order valence-corrected chi connectivity index (χ4v) is 3.91. The molecule has 0 heterocycles. The molecule has 1 aliphatic rings. The lowest BCUT2D eigenvalue weighted by Gasteiger charge is -2.44. The summed E-state index contributed by atoms with van der Waals surface area (Å²) in [6.07, 6.45) is 2.73. The maximum absolute atomic E-state index is 13.2. The average Bonchev–Trinajstić information content (AvgIpc) is 2.53. The van der Waals surface area contributed by atoms with Crippen molar-refractivity contribution in [2.24, 2.45) is 23.2 Å². The molecular weight excluding hydrogens is 272 g/mol. The first-order valence-electron chi connectivity index (χ1n) is 8.17. The third kappa shape index (κ3) is 2.88. The number of para-hydroxylation sites is 1. The number of nitriles is 1. The normalized spacial score (nSPS) is 28.2. The number of benzene rings is 1. The van der Waals surface area contributed by atoms with Gasteiger partial charge in [-0.25, -0.2) is 0 Å². The van der Waals surface area contributed by atoms with Gasteiger partial charge < -0.3 is 4.90 Å². The highest BCUT2D eigenvalue weighted by atomic mass is 16.2. The molecule has 3 unspecified atom stereocenters. The molecule has 1 aromatic carbocycles. The molecule has 0 aromatic heterocycles. The summed E-state index contributed by atoms with van der Waals surface area (Å²) in [5.74, 6) is 0.835. The van der Waals surface area contributed by atoms with Crippen LogP contribution in [-0.4, -0.2) is 13.0 Å². The first-order valence-corrected chi connectivity index (χ1v) is 8.17. The van der Waals surface area contributed by atoms with Crippen molar-refractivity contribution < 1.29 is 4.79 Å². The van der Waals surface area contributed by atoms with Gasteiger partial charge >= 0.3 is 0 Å². The molecule has 3 atom stereocenters. The Hall–Kier alpha value is -1.82. The maximum atomic E-state index is 13.2. The summed E-state index contributed by atoms with van der Waals surface area (Å²) in [5, 5.41) is 9.95. The monoisotopic (exact) mass is 298 g/mol. The lowest BCUT2D eigenvalue weighted by molar-refractivity contribution is -0.131. The molecule has 0 aliphatic heterocycles. The Labute approximate surface area is 133 Å². The van der Waals surface area contributed by atoms with Gasteiger partial charge in [0.25, 0.3) is 0 Å². The quantitative estimate of drug-likeness (QED) is 0.837. The zero-order valence-electron chi connectivity index (χ0n) is 14.0. The molecule has 1 amide bonds. The molecule has 1 aromatic rings. The van der Waals surface area contributed by atoms with Gasteiger partial charge in [0.05, 0.1) is 6.07 Å². The molecule has 0 radical (unpaired) electrons. The Morgan fingerprint density at radius 2 is 1.95 bits per heavy atom. The van der Waals surface area contributed by atoms with E-state index < -0.39 is 5.41 Å². The molecule has 3 nitrogen and oxygen atoms in total. The number of carbonyl (C=O) groups is 1. The van der Waals surface area contributed by atoms with E-state index in [1.165, 1.54) is 0 Å². The van der Waals surface area contributed by atoms with Crippen LogP contribution in [0.2, 0.25) is 0 Å². The van der Waals surface area contributed by atoms with Crippen molar-refractivity contribution in [2.45, 2.75) is 40.0 Å². The standard InChI is InChI=1S/C19H26N2O/c1-14(2)17-11-10-15(3)12-19(17,13-20)18(22)21(4)16-8-6-5-7-9-16/h5-9,14-15,17H,10-12H2,1-4H3. The fraction of sp³-hybridized carbons (Fsp3) is 0.579. The van der Waals surface area contributed by atoms with Gasteiger partial charge in [0.1, 0.15) is 5.41 Å². The number of hydrogen-bond donors (Lipinski definition) is 0. The number of nitrogens with zero attached hydrogens (tertiary/aromatic N) is 2. The van der Waals surface area contributed by atoms with Crippen molar-refractivity contribution in [3.8, 4) is 6.07 Å². The molecule has 0 bridgehead atoms. The van der Waals surface area contributed by atoms with Crippen LogP contribution in [0.4, 0.5) is 5.69 Å². The van der Waals surface area contributed by atoms with Gasteiger partial charge in [-0.2, -0.15) is 5.26 Å². The van der Waals surface area contributed by atoms with Gasteiger partial charge in [-0.3, -0.25) is 4.79 Å². The van der Waals surface area contributed by atoms with Crippen molar-refractivity contribution in [1.29, 1.82) is 5.26 Å². The molecule has 22 heavy (non-hydrogen) atoms. The van der Waals surface area contributed by atoms with E-state index in [4.69, 9.17) is 0 Å². The highest BCUT2D eigenvalue weighted by Gasteiger charge is 2.51. The number of rotatable bonds is 3. The summed E-state index contributed by atoms with van der Waals surface area (Å²) in [7, 11) is 1.79. The molecule has 1 saturated carbocycles. The van der Waals surface area contributed by atoms with Gasteiger partial charge in [-0.05, 0) is 42.7 Å². The second-order valence-electron chi connectivity index (χ2n) is 7.02. The summed E-state index contributed by atoms with van der Waals surface area (Å²) in [6, 6.07) is 12.0. The first-order chi connectivity index (χ1) is 10.4. The largest absolute Gasteiger partial charge is 0.314 e. The molecule has 0 spiro atoms. The lowest BCUT2D eigenvalue weighted by Crippen LogP contribution is -2.50. The summed E-state index contributed by atoms with van der Waals surface area (Å²) < 4.78 is 0. The van der Waals surface area contributed by atoms with E-state index in [-0.39, 0.29) is 11.8 Å². The van der Waals surface area contributed by atoms with Gasteiger partial charge in [-0.1, -0.05) is 45.4 Å². The molecular formula is C19H26N2O. The Morgan fingerprint density at radius 1 is 1.32 bits per heavy atom. The Balaban J connectivity index is 2.39. The number of hydrogen-bond acceptors (Lipinski definition) is 2. The molecule has 3 heteroatoms. The first kappa shape index (κ1) is 16.5. The molecule has 0 saturated heterocycles. The molecule has 1 fully saturated rings. The predicted octanol–water partition coefficient (Wildman–Crippen LogP) is 4.25. The van der Waals surface area contributed by atoms with Crippen LogP contribution in [0.15, 0.2) is 30.3 Å². The zero-order chi connectivity index (χ0) is 16.3. The predicted molar refractivity (Wildman–Crippen MR) is 89.2 cm³/mol. The minimum Gasteiger partial charge on any atom is -0.314 e. The number of anilines is 1. The third-order valence-corrected chi connectivity index (χ3v) is 5.11. The van der Waals surface area contributed by atoms with Crippen molar-refractivity contribution in [1.82, 2.24) is 0 Å². The van der Waals surface area contributed by atoms with Crippen LogP contribution < -0.4 is 4.90 Å². The number of amides is 1. The third-order valence-electron chi connectivity index (χ3n) is 5.11. The van der Waals surface area contributed by atoms with E-state index in [0.717, 1.165) is 18.5 Å². The second kappa shape index (κ2) is 6.52. The maximum Gasteiger partial charge on any atom is 0.247 e. The van der Waals surface area contributed by atoms with Gasteiger partial charge in [0, 0.05) is 12.7 Å². The highest BCUT2D eigenvalue weighted by Crippen LogP contribution is 2.48. The second-order valence-corrected chi connectivity index (χ2v) is 7.02. The van der Waals surface area contributed by atoms with Gasteiger partial charge in [0.15, 0.2) is 0 Å². The summed E-state index contributed by atoms with van der Waals surface area (Å²) in [4.78, 5) is 14.9.